The SMILES string of the molecule is COc1ccnc(C(=O)NC2COC(=O)C(Cc3ccccc3)[C@@H](POC(=O)C(C)C)C(C)OC2=O)c1OCOC(=O)C(C)C. The first-order chi connectivity index (χ1) is 21.4. The summed E-state index contributed by atoms with van der Waals surface area (Å²) < 4.78 is 32.6. The molecule has 45 heavy (non-hydrogen) atoms. The first-order valence-electron chi connectivity index (χ1n) is 14.4. The van der Waals surface area contributed by atoms with E-state index in [2.05, 4.69) is 10.3 Å². The fraction of sp³-hybridized carbons (Fsp3) is 0.484. The molecule has 0 aliphatic carbocycles. The number of ether oxygens (including phenoxy) is 5. The second-order valence-electron chi connectivity index (χ2n) is 10.9. The fourth-order valence-corrected chi connectivity index (χ4v) is 5.35. The number of hydrogen-bond donors (Lipinski definition) is 1. The van der Waals surface area contributed by atoms with Crippen molar-refractivity contribution in [2.45, 2.75) is 58.8 Å². The van der Waals surface area contributed by atoms with Crippen LogP contribution in [0.15, 0.2) is 42.6 Å². The van der Waals surface area contributed by atoms with Gasteiger partial charge in [-0.2, -0.15) is 0 Å². The van der Waals surface area contributed by atoms with Crippen LogP contribution in [0, 0.1) is 17.8 Å². The monoisotopic (exact) mass is 646 g/mol. The molecule has 2 aromatic rings. The van der Waals surface area contributed by atoms with Crippen LogP contribution in [0.1, 0.15) is 50.7 Å². The number of cyclic esters (lactones) is 2. The first-order valence-corrected chi connectivity index (χ1v) is 15.4. The lowest BCUT2D eigenvalue weighted by Crippen LogP contribution is -2.46. The van der Waals surface area contributed by atoms with E-state index in [1.165, 1.54) is 19.4 Å². The largest absolute Gasteiger partial charge is 0.493 e. The van der Waals surface area contributed by atoms with Crippen molar-refractivity contribution in [1.82, 2.24) is 10.3 Å². The molecule has 1 aromatic heterocycles. The molecule has 4 unspecified atom stereocenters. The number of aromatic nitrogens is 1. The predicted molar refractivity (Wildman–Crippen MR) is 162 cm³/mol. The molecule has 3 rings (SSSR count). The number of benzene rings is 1. The molecule has 244 valence electrons. The maximum absolute atomic E-state index is 13.5. The van der Waals surface area contributed by atoms with Crippen LogP contribution in [-0.4, -0.2) is 73.1 Å². The Labute approximate surface area is 263 Å². The first kappa shape index (κ1) is 35.2. The van der Waals surface area contributed by atoms with Gasteiger partial charge in [-0.1, -0.05) is 58.0 Å². The molecule has 1 amide bonds. The van der Waals surface area contributed by atoms with Gasteiger partial charge < -0.3 is 33.5 Å². The Balaban J connectivity index is 1.84. The lowest BCUT2D eigenvalue weighted by atomic mass is 9.93. The molecule has 1 aromatic carbocycles. The average molecular weight is 647 g/mol. The second kappa shape index (κ2) is 16.7. The van der Waals surface area contributed by atoms with Gasteiger partial charge in [0.05, 0.1) is 39.3 Å². The van der Waals surface area contributed by atoms with Crippen molar-refractivity contribution in [3.63, 3.8) is 0 Å². The summed E-state index contributed by atoms with van der Waals surface area (Å²) in [6.45, 7) is 7.23. The van der Waals surface area contributed by atoms with E-state index >= 15 is 0 Å². The van der Waals surface area contributed by atoms with Gasteiger partial charge >= 0.3 is 23.9 Å². The van der Waals surface area contributed by atoms with Gasteiger partial charge in [-0.3, -0.25) is 19.2 Å². The molecule has 0 bridgehead atoms. The number of hydrogen-bond acceptors (Lipinski definition) is 12. The maximum Gasteiger partial charge on any atom is 0.332 e. The van der Waals surface area contributed by atoms with Crippen molar-refractivity contribution in [3.05, 3.63) is 53.9 Å². The summed E-state index contributed by atoms with van der Waals surface area (Å²) in [6.07, 6.45) is 0.646. The molecule has 14 heteroatoms. The highest BCUT2D eigenvalue weighted by Gasteiger charge is 2.41. The number of methoxy groups -OCH3 is 1. The number of nitrogens with one attached hydrogen (secondary N) is 1. The average Bonchev–Trinajstić information content (AvgIpc) is 3.05. The van der Waals surface area contributed by atoms with Crippen LogP contribution >= 0.6 is 8.81 Å². The summed E-state index contributed by atoms with van der Waals surface area (Å²) >= 11 is 0. The predicted octanol–water partition coefficient (Wildman–Crippen LogP) is 3.23. The van der Waals surface area contributed by atoms with Gasteiger partial charge in [-0.25, -0.2) is 9.78 Å². The van der Waals surface area contributed by atoms with Gasteiger partial charge in [0.2, 0.25) is 6.79 Å². The highest BCUT2D eigenvalue weighted by molar-refractivity contribution is 7.34. The van der Waals surface area contributed by atoms with E-state index in [-0.39, 0.29) is 23.6 Å². The van der Waals surface area contributed by atoms with E-state index in [1.807, 2.05) is 30.3 Å². The van der Waals surface area contributed by atoms with E-state index in [4.69, 9.17) is 28.2 Å². The minimum atomic E-state index is -1.42. The Morgan fingerprint density at radius 3 is 2.36 bits per heavy atom. The summed E-state index contributed by atoms with van der Waals surface area (Å²) in [5, 5.41) is 2.50. The van der Waals surface area contributed by atoms with Crippen molar-refractivity contribution >= 4 is 38.6 Å². The summed E-state index contributed by atoms with van der Waals surface area (Å²) in [4.78, 5) is 68.4. The molecular formula is C31H39N2O11P. The number of pyridine rings is 1. The van der Waals surface area contributed by atoms with Crippen molar-refractivity contribution < 1.29 is 52.2 Å². The van der Waals surface area contributed by atoms with E-state index < -0.39 is 87.6 Å². The number of carbonyl (C=O) groups excluding carboxylic acids is 5. The summed E-state index contributed by atoms with van der Waals surface area (Å²) in [5.41, 5.74) is -0.154. The number of carbonyl (C=O) groups is 5. The molecule has 0 spiro atoms. The Bertz CT molecular complexity index is 1350. The quantitative estimate of drug-likeness (QED) is 0.155. The molecule has 1 N–H and O–H groups in total. The molecule has 2 heterocycles. The molecule has 0 saturated carbocycles. The number of rotatable bonds is 12. The Morgan fingerprint density at radius 2 is 1.71 bits per heavy atom. The zero-order chi connectivity index (χ0) is 33.1. The van der Waals surface area contributed by atoms with E-state index in [0.717, 1.165) is 5.56 Å². The third-order valence-electron chi connectivity index (χ3n) is 6.77. The van der Waals surface area contributed by atoms with Crippen LogP contribution in [0.25, 0.3) is 0 Å². The lowest BCUT2D eigenvalue weighted by Gasteiger charge is -2.28. The van der Waals surface area contributed by atoms with Crippen molar-refractivity contribution in [1.29, 1.82) is 0 Å². The normalized spacial score (nSPS) is 20.4. The zero-order valence-electron chi connectivity index (χ0n) is 26.1. The number of amides is 1. The maximum atomic E-state index is 13.5. The summed E-state index contributed by atoms with van der Waals surface area (Å²) in [7, 11) is 0.848. The second-order valence-corrected chi connectivity index (χ2v) is 12.0. The smallest absolute Gasteiger partial charge is 0.332 e. The molecule has 1 saturated heterocycles. The van der Waals surface area contributed by atoms with E-state index in [1.54, 1.807) is 34.6 Å². The fourth-order valence-electron chi connectivity index (χ4n) is 4.19. The number of esters is 3. The van der Waals surface area contributed by atoms with Gasteiger partial charge in [0.25, 0.3) is 5.91 Å². The van der Waals surface area contributed by atoms with E-state index in [9.17, 15) is 24.0 Å². The topological polar surface area (TPSA) is 166 Å². The highest BCUT2D eigenvalue weighted by atomic mass is 31.1. The standard InChI is InChI=1S/C31H39N2O11P/c1-17(2)28(35)42-16-41-25-23(39-6)12-13-32-24(25)27(34)33-22-15-40-30(37)21(14-20-10-8-7-9-11-20)26(19(5)43-31(22)38)45-44-29(36)18(3)4/h7-13,17-19,21-22,26,45H,14-16H2,1-6H3,(H,33,34)/t19?,21?,22?,26-/m0/s1. The van der Waals surface area contributed by atoms with E-state index in [0.29, 0.717) is 0 Å². The molecule has 1 fully saturated rings. The van der Waals surface area contributed by atoms with Gasteiger partial charge in [-0.05, 0) is 18.9 Å². The van der Waals surface area contributed by atoms with Gasteiger partial charge in [0.15, 0.2) is 23.2 Å². The molecular weight excluding hydrogens is 607 g/mol. The summed E-state index contributed by atoms with van der Waals surface area (Å²) in [6, 6.07) is 9.24. The third-order valence-corrected chi connectivity index (χ3v) is 8.23. The van der Waals surface area contributed by atoms with Crippen molar-refractivity contribution in [3.8, 4) is 11.5 Å². The number of nitrogens with zero attached hydrogens (tertiary/aromatic N) is 1. The molecule has 1 aliphatic heterocycles. The summed E-state index contributed by atoms with van der Waals surface area (Å²) in [5.74, 6) is -4.98. The van der Waals surface area contributed by atoms with Crippen molar-refractivity contribution in [2.24, 2.45) is 17.8 Å². The minimum absolute atomic E-state index is 0.122. The molecule has 1 aliphatic rings. The van der Waals surface area contributed by atoms with Gasteiger partial charge in [-0.15, -0.1) is 0 Å². The van der Waals surface area contributed by atoms with Gasteiger partial charge in [0, 0.05) is 12.3 Å². The van der Waals surface area contributed by atoms with Crippen LogP contribution in [0.5, 0.6) is 11.5 Å². The Kier molecular flexibility index (Phi) is 13.1. The van der Waals surface area contributed by atoms with Crippen molar-refractivity contribution in [2.75, 3.05) is 20.5 Å². The lowest BCUT2D eigenvalue weighted by molar-refractivity contribution is -0.154. The molecule has 5 atom stereocenters. The highest BCUT2D eigenvalue weighted by Crippen LogP contribution is 2.36. The minimum Gasteiger partial charge on any atom is -0.493 e. The Hall–Kier alpha value is -4.25. The van der Waals surface area contributed by atoms with Crippen LogP contribution in [0.2, 0.25) is 0 Å². The zero-order valence-corrected chi connectivity index (χ0v) is 27.1. The van der Waals surface area contributed by atoms with Crippen LogP contribution in [0.3, 0.4) is 0 Å². The van der Waals surface area contributed by atoms with Crippen LogP contribution < -0.4 is 14.8 Å². The van der Waals surface area contributed by atoms with Crippen LogP contribution in [0.4, 0.5) is 0 Å². The van der Waals surface area contributed by atoms with Gasteiger partial charge in [0.1, 0.15) is 12.7 Å². The third kappa shape index (κ3) is 9.87. The Morgan fingerprint density at radius 1 is 1.02 bits per heavy atom. The molecule has 13 nitrogen and oxygen atoms in total. The molecule has 0 radical (unpaired) electrons. The van der Waals surface area contributed by atoms with Crippen LogP contribution in [-0.2, 0) is 44.3 Å².